The van der Waals surface area contributed by atoms with Gasteiger partial charge in [-0.3, -0.25) is 0 Å². The Morgan fingerprint density at radius 1 is 0.810 bits per heavy atom. The molecule has 7 nitrogen and oxygen atoms in total. The minimum atomic E-state index is -1.16. The Labute approximate surface area is 126 Å². The van der Waals surface area contributed by atoms with Crippen LogP contribution in [0.2, 0.25) is 0 Å². The maximum Gasteiger partial charge on any atom is 0.164 e. The first-order valence-electron chi connectivity index (χ1n) is 7.13. The van der Waals surface area contributed by atoms with E-state index < -0.39 is 23.4 Å². The average Bonchev–Trinajstić information content (AvgIpc) is 2.54. The molecule has 0 aliphatic carbocycles. The Morgan fingerprint density at radius 2 is 1.14 bits per heavy atom. The summed E-state index contributed by atoms with van der Waals surface area (Å²) in [5.74, 6) is 0. The Bertz CT molecular complexity index is 238. The number of methoxy groups -OCH3 is 2. The van der Waals surface area contributed by atoms with Crippen molar-refractivity contribution >= 4 is 0 Å². The fraction of sp³-hybridized carbons (Fsp3) is 1.00. The molecule has 0 radical (unpaired) electrons. The van der Waals surface area contributed by atoms with E-state index in [1.807, 2.05) is 13.8 Å². The molecule has 0 rings (SSSR count). The van der Waals surface area contributed by atoms with Crippen LogP contribution >= 0.6 is 0 Å². The van der Waals surface area contributed by atoms with Gasteiger partial charge in [0.1, 0.15) is 0 Å². The third-order valence-electron chi connectivity index (χ3n) is 4.31. The molecule has 128 valence electrons. The highest BCUT2D eigenvalue weighted by Gasteiger charge is 2.40. The lowest BCUT2D eigenvalue weighted by atomic mass is 9.84. The highest BCUT2D eigenvalue weighted by atomic mass is 16.6. The third kappa shape index (κ3) is 4.85. The molecular weight excluding hydrogens is 280 g/mol. The summed E-state index contributed by atoms with van der Waals surface area (Å²) in [6.45, 7) is 3.09. The van der Waals surface area contributed by atoms with Crippen LogP contribution in [0.4, 0.5) is 0 Å². The lowest BCUT2D eigenvalue weighted by molar-refractivity contribution is -0.219. The van der Waals surface area contributed by atoms with Crippen LogP contribution in [0.5, 0.6) is 0 Å². The molecule has 0 bridgehead atoms. The van der Waals surface area contributed by atoms with Crippen molar-refractivity contribution < 1.29 is 34.6 Å². The van der Waals surface area contributed by atoms with Crippen LogP contribution in [0.3, 0.4) is 0 Å². The monoisotopic (exact) mass is 310 g/mol. The van der Waals surface area contributed by atoms with Gasteiger partial charge in [0.2, 0.25) is 0 Å². The molecule has 4 unspecified atom stereocenters. The van der Waals surface area contributed by atoms with Gasteiger partial charge in [0.25, 0.3) is 0 Å². The Kier molecular flexibility index (Phi) is 9.55. The van der Waals surface area contributed by atoms with Gasteiger partial charge in [0.15, 0.2) is 12.6 Å². The van der Waals surface area contributed by atoms with E-state index in [0.717, 1.165) is 0 Å². The number of hydrogen-bond acceptors (Lipinski definition) is 7. The minimum absolute atomic E-state index is 0.0349. The maximum absolute atomic E-state index is 9.88. The molecule has 0 spiro atoms. The van der Waals surface area contributed by atoms with Crippen LogP contribution in [0, 0.1) is 10.8 Å². The lowest BCUT2D eigenvalue weighted by Gasteiger charge is -2.38. The van der Waals surface area contributed by atoms with E-state index in [1.54, 1.807) is 0 Å². The van der Waals surface area contributed by atoms with Crippen molar-refractivity contribution in [2.75, 3.05) is 40.6 Å². The summed E-state index contributed by atoms with van der Waals surface area (Å²) < 4.78 is 15.4. The quantitative estimate of drug-likeness (QED) is 0.367. The van der Waals surface area contributed by atoms with E-state index in [1.165, 1.54) is 14.2 Å². The molecule has 0 aliphatic heterocycles. The van der Waals surface area contributed by atoms with Gasteiger partial charge in [-0.15, -0.1) is 0 Å². The topological polar surface area (TPSA) is 109 Å². The molecule has 21 heavy (non-hydrogen) atoms. The number of rotatable bonds is 12. The summed E-state index contributed by atoms with van der Waals surface area (Å²) in [6, 6.07) is 0. The summed E-state index contributed by atoms with van der Waals surface area (Å²) in [6.07, 6.45) is -1.43. The van der Waals surface area contributed by atoms with Gasteiger partial charge in [-0.05, 0) is 12.8 Å². The fourth-order valence-corrected chi connectivity index (χ4v) is 2.12. The van der Waals surface area contributed by atoms with Gasteiger partial charge in [0.05, 0.1) is 37.3 Å². The second kappa shape index (κ2) is 9.68. The van der Waals surface area contributed by atoms with Crippen molar-refractivity contribution in [1.29, 1.82) is 0 Å². The molecule has 0 aliphatic rings. The van der Waals surface area contributed by atoms with Crippen LogP contribution < -0.4 is 0 Å². The number of hydrogen-bond donors (Lipinski definition) is 4. The largest absolute Gasteiger partial charge is 0.396 e. The van der Waals surface area contributed by atoms with E-state index >= 15 is 0 Å². The molecule has 0 aromatic heterocycles. The summed E-state index contributed by atoms with van der Waals surface area (Å²) >= 11 is 0. The van der Waals surface area contributed by atoms with Crippen LogP contribution in [0.15, 0.2) is 0 Å². The van der Waals surface area contributed by atoms with Gasteiger partial charge in [-0.1, -0.05) is 13.8 Å². The van der Waals surface area contributed by atoms with Crippen LogP contribution in [0.1, 0.15) is 26.7 Å². The van der Waals surface area contributed by atoms with Crippen LogP contribution in [-0.2, 0) is 14.2 Å². The smallest absolute Gasteiger partial charge is 0.164 e. The second-order valence-corrected chi connectivity index (χ2v) is 5.42. The lowest BCUT2D eigenvalue weighted by Crippen LogP contribution is -2.47. The van der Waals surface area contributed by atoms with Crippen molar-refractivity contribution in [2.45, 2.75) is 39.3 Å². The van der Waals surface area contributed by atoms with Gasteiger partial charge < -0.3 is 34.6 Å². The minimum Gasteiger partial charge on any atom is -0.396 e. The molecular formula is C14H30O7. The van der Waals surface area contributed by atoms with Crippen LogP contribution in [-0.4, -0.2) is 73.7 Å². The Balaban J connectivity index is 4.81. The molecule has 0 saturated heterocycles. The number of aliphatic hydroxyl groups is 4. The van der Waals surface area contributed by atoms with Crippen molar-refractivity contribution in [1.82, 2.24) is 0 Å². The van der Waals surface area contributed by atoms with Crippen LogP contribution in [0.25, 0.3) is 0 Å². The van der Waals surface area contributed by atoms with Gasteiger partial charge >= 0.3 is 0 Å². The van der Waals surface area contributed by atoms with E-state index in [0.29, 0.717) is 12.8 Å². The summed E-state index contributed by atoms with van der Waals surface area (Å²) in [7, 11) is 2.70. The van der Waals surface area contributed by atoms with Crippen molar-refractivity contribution in [3.05, 3.63) is 0 Å². The van der Waals surface area contributed by atoms with E-state index in [-0.39, 0.29) is 26.4 Å². The molecule has 0 saturated carbocycles. The predicted molar refractivity (Wildman–Crippen MR) is 76.5 cm³/mol. The van der Waals surface area contributed by atoms with Crippen molar-refractivity contribution in [3.63, 3.8) is 0 Å². The molecule has 0 aromatic rings. The van der Waals surface area contributed by atoms with Gasteiger partial charge in [-0.2, -0.15) is 0 Å². The average molecular weight is 310 g/mol. The zero-order chi connectivity index (χ0) is 16.5. The zero-order valence-electron chi connectivity index (χ0n) is 13.4. The fourth-order valence-electron chi connectivity index (χ4n) is 2.12. The van der Waals surface area contributed by atoms with Gasteiger partial charge in [0, 0.05) is 14.2 Å². The summed E-state index contributed by atoms with van der Waals surface area (Å²) in [4.78, 5) is 0. The Hall–Kier alpha value is -0.280. The van der Waals surface area contributed by atoms with Crippen molar-refractivity contribution in [3.8, 4) is 0 Å². The van der Waals surface area contributed by atoms with Gasteiger partial charge in [-0.25, -0.2) is 0 Å². The zero-order valence-corrected chi connectivity index (χ0v) is 13.4. The molecule has 0 fully saturated rings. The second-order valence-electron chi connectivity index (χ2n) is 5.42. The first-order chi connectivity index (χ1) is 9.91. The Morgan fingerprint density at radius 3 is 1.33 bits per heavy atom. The molecule has 0 heterocycles. The standard InChI is InChI=1S/C14H30O7/c1-5-13(7-15,11(17)19-3)9-21-10-14(6-2,8-16)12(18)20-4/h11-12,15-18H,5-10H2,1-4H3. The molecule has 7 heteroatoms. The highest BCUT2D eigenvalue weighted by molar-refractivity contribution is 4.83. The van der Waals surface area contributed by atoms with E-state index in [2.05, 4.69) is 0 Å². The third-order valence-corrected chi connectivity index (χ3v) is 4.31. The first kappa shape index (κ1) is 20.7. The SMILES string of the molecule is CCC(CO)(COCC(CC)(CO)C(O)OC)C(O)OC. The molecule has 0 amide bonds. The molecule has 0 aromatic carbocycles. The van der Waals surface area contributed by atoms with E-state index in [9.17, 15) is 20.4 Å². The van der Waals surface area contributed by atoms with Crippen molar-refractivity contribution in [2.24, 2.45) is 10.8 Å². The molecule has 4 N–H and O–H groups in total. The first-order valence-corrected chi connectivity index (χ1v) is 7.13. The number of aliphatic hydroxyl groups excluding tert-OH is 4. The normalized spacial score (nSPS) is 20.6. The predicted octanol–water partition coefficient (Wildman–Crippen LogP) is -0.290. The highest BCUT2D eigenvalue weighted by Crippen LogP contribution is 2.31. The summed E-state index contributed by atoms with van der Waals surface area (Å²) in [5, 5.41) is 38.8. The molecule has 4 atom stereocenters. The van der Waals surface area contributed by atoms with E-state index in [4.69, 9.17) is 14.2 Å². The summed E-state index contributed by atoms with van der Waals surface area (Å²) in [5.41, 5.74) is -1.89. The number of ether oxygens (including phenoxy) is 3. The maximum atomic E-state index is 9.88.